The summed E-state index contributed by atoms with van der Waals surface area (Å²) in [4.78, 5) is 17.0. The van der Waals surface area contributed by atoms with Crippen LogP contribution in [0.2, 0.25) is 0 Å². The smallest absolute Gasteiger partial charge is 0.293 e. The number of rotatable bonds is 8. The van der Waals surface area contributed by atoms with E-state index >= 15 is 0 Å². The summed E-state index contributed by atoms with van der Waals surface area (Å²) in [5, 5.41) is 5.84. The van der Waals surface area contributed by atoms with E-state index in [0.717, 1.165) is 23.8 Å². The van der Waals surface area contributed by atoms with Gasteiger partial charge in [0.25, 0.3) is 5.91 Å². The van der Waals surface area contributed by atoms with E-state index in [0.29, 0.717) is 19.4 Å². The lowest BCUT2D eigenvalue weighted by atomic mass is 10.00. The molecule has 30 heavy (non-hydrogen) atoms. The van der Waals surface area contributed by atoms with Crippen LogP contribution in [0.25, 0.3) is 0 Å². The predicted molar refractivity (Wildman–Crippen MR) is 113 cm³/mol. The molecule has 1 amide bonds. The topological polar surface area (TPSA) is 80.0 Å². The molecule has 0 fully saturated rings. The van der Waals surface area contributed by atoms with E-state index in [9.17, 15) is 13.6 Å². The second-order valence-corrected chi connectivity index (χ2v) is 7.84. The molecular formula is C21H22F2N4O2S. The third-order valence-electron chi connectivity index (χ3n) is 4.58. The van der Waals surface area contributed by atoms with Gasteiger partial charge in [-0.3, -0.25) is 15.1 Å². The number of benzene rings is 2. The van der Waals surface area contributed by atoms with Crippen LogP contribution in [0.3, 0.4) is 0 Å². The molecule has 0 spiro atoms. The van der Waals surface area contributed by atoms with Gasteiger partial charge < -0.3 is 5.73 Å². The van der Waals surface area contributed by atoms with E-state index in [-0.39, 0.29) is 16.3 Å². The number of hydrogen-bond donors (Lipinski definition) is 2. The lowest BCUT2D eigenvalue weighted by molar-refractivity contribution is -0.132. The molecule has 2 aromatic carbocycles. The van der Waals surface area contributed by atoms with Crippen LogP contribution in [0.5, 0.6) is 0 Å². The number of hydrogen-bond acceptors (Lipinski definition) is 6. The van der Waals surface area contributed by atoms with Gasteiger partial charge in [-0.15, -0.1) is 0 Å². The highest BCUT2D eigenvalue weighted by molar-refractivity contribution is 8.15. The molecule has 0 saturated carbocycles. The van der Waals surface area contributed by atoms with E-state index in [1.54, 1.807) is 0 Å². The van der Waals surface area contributed by atoms with Crippen molar-refractivity contribution in [2.75, 3.05) is 13.7 Å². The zero-order valence-corrected chi connectivity index (χ0v) is 17.2. The predicted octanol–water partition coefficient (Wildman–Crippen LogP) is 3.46. The highest BCUT2D eigenvalue weighted by Gasteiger charge is 2.49. The monoisotopic (exact) mass is 432 g/mol. The largest absolute Gasteiger partial charge is 0.330 e. The molecule has 1 heterocycles. The molecule has 158 valence electrons. The van der Waals surface area contributed by atoms with Gasteiger partial charge in [-0.1, -0.05) is 48.7 Å². The standard InChI is InChI=1S/C21H22F2N4O2S/c1-14(26-29-2)20(28)27-21(11-6-12-24,15-7-4-3-5-8-15)30-19(25-27)17-13-16(22)9-10-18(17)23/h3-5,7-10,13,26H,1,6,11-12,24H2,2H3. The van der Waals surface area contributed by atoms with Crippen molar-refractivity contribution in [1.82, 2.24) is 10.5 Å². The van der Waals surface area contributed by atoms with Crippen molar-refractivity contribution in [3.63, 3.8) is 0 Å². The summed E-state index contributed by atoms with van der Waals surface area (Å²) in [6.45, 7) is 4.08. The molecule has 9 heteroatoms. The average Bonchev–Trinajstić information content (AvgIpc) is 3.14. The molecule has 0 bridgehead atoms. The fourth-order valence-electron chi connectivity index (χ4n) is 3.19. The number of amides is 1. The molecule has 1 aliphatic heterocycles. The Balaban J connectivity index is 2.15. The molecule has 3 N–H and O–H groups in total. The Morgan fingerprint density at radius 1 is 1.30 bits per heavy atom. The minimum atomic E-state index is -1.01. The van der Waals surface area contributed by atoms with Gasteiger partial charge in [-0.05, 0) is 43.1 Å². The number of hydroxylamine groups is 1. The molecule has 0 aromatic heterocycles. The average molecular weight is 432 g/mol. The lowest BCUT2D eigenvalue weighted by Crippen LogP contribution is -2.44. The summed E-state index contributed by atoms with van der Waals surface area (Å²) in [7, 11) is 1.35. The molecule has 3 rings (SSSR count). The normalized spacial score (nSPS) is 18.3. The maximum Gasteiger partial charge on any atom is 0.293 e. The summed E-state index contributed by atoms with van der Waals surface area (Å²) in [6, 6.07) is 12.4. The molecule has 1 unspecified atom stereocenters. The van der Waals surface area contributed by atoms with Crippen LogP contribution in [0.15, 0.2) is 65.9 Å². The molecule has 2 aromatic rings. The third kappa shape index (κ3) is 4.23. The second-order valence-electron chi connectivity index (χ2n) is 6.58. The van der Waals surface area contributed by atoms with Crippen molar-refractivity contribution in [2.45, 2.75) is 17.7 Å². The Morgan fingerprint density at radius 2 is 2.03 bits per heavy atom. The van der Waals surface area contributed by atoms with Crippen molar-refractivity contribution in [2.24, 2.45) is 10.8 Å². The van der Waals surface area contributed by atoms with Crippen LogP contribution in [0.4, 0.5) is 8.78 Å². The summed E-state index contributed by atoms with van der Waals surface area (Å²) in [5.41, 5.74) is 8.88. The Hall–Kier alpha value is -2.75. The van der Waals surface area contributed by atoms with E-state index in [4.69, 9.17) is 10.6 Å². The van der Waals surface area contributed by atoms with Crippen LogP contribution < -0.4 is 11.2 Å². The van der Waals surface area contributed by atoms with E-state index in [2.05, 4.69) is 17.2 Å². The Labute approximate surface area is 177 Å². The van der Waals surface area contributed by atoms with Crippen LogP contribution in [0, 0.1) is 11.6 Å². The van der Waals surface area contributed by atoms with Crippen molar-refractivity contribution < 1.29 is 18.4 Å². The number of nitrogens with zero attached hydrogens (tertiary/aromatic N) is 2. The number of carbonyl (C=O) groups is 1. The zero-order valence-electron chi connectivity index (χ0n) is 16.4. The fraction of sp³-hybridized carbons (Fsp3) is 0.238. The third-order valence-corrected chi connectivity index (χ3v) is 6.02. The van der Waals surface area contributed by atoms with E-state index in [1.165, 1.54) is 23.9 Å². The quantitative estimate of drug-likeness (QED) is 0.493. The molecule has 0 radical (unpaired) electrons. The fourth-order valence-corrected chi connectivity index (χ4v) is 4.61. The highest BCUT2D eigenvalue weighted by atomic mass is 32.2. The maximum atomic E-state index is 14.5. The van der Waals surface area contributed by atoms with Crippen LogP contribution in [-0.2, 0) is 14.5 Å². The van der Waals surface area contributed by atoms with Crippen molar-refractivity contribution in [1.29, 1.82) is 0 Å². The first kappa shape index (κ1) is 21.9. The highest BCUT2D eigenvalue weighted by Crippen LogP contribution is 2.50. The Bertz CT molecular complexity index is 971. The summed E-state index contributed by atoms with van der Waals surface area (Å²) in [5.74, 6) is -1.79. The number of nitrogens with two attached hydrogens (primary N) is 1. The van der Waals surface area contributed by atoms with Gasteiger partial charge >= 0.3 is 0 Å². The Morgan fingerprint density at radius 3 is 2.70 bits per heavy atom. The van der Waals surface area contributed by atoms with Gasteiger partial charge in [0.2, 0.25) is 0 Å². The minimum absolute atomic E-state index is 0.0198. The number of nitrogens with one attached hydrogen (secondary N) is 1. The van der Waals surface area contributed by atoms with E-state index in [1.807, 2.05) is 30.3 Å². The molecule has 0 saturated heterocycles. The van der Waals surface area contributed by atoms with Gasteiger partial charge in [-0.25, -0.2) is 13.8 Å². The first-order valence-corrected chi connectivity index (χ1v) is 10.1. The number of hydrazone groups is 1. The van der Waals surface area contributed by atoms with Crippen molar-refractivity contribution in [3.8, 4) is 0 Å². The summed E-state index contributed by atoms with van der Waals surface area (Å²) < 4.78 is 28.3. The van der Waals surface area contributed by atoms with Crippen molar-refractivity contribution >= 4 is 22.7 Å². The first-order valence-electron chi connectivity index (χ1n) is 9.24. The zero-order chi connectivity index (χ0) is 21.7. The summed E-state index contributed by atoms with van der Waals surface area (Å²) in [6.07, 6.45) is 1.01. The van der Waals surface area contributed by atoms with Gasteiger partial charge in [0.05, 0.1) is 7.11 Å². The number of halogens is 2. The Kier molecular flexibility index (Phi) is 6.86. The van der Waals surface area contributed by atoms with Crippen molar-refractivity contribution in [3.05, 3.63) is 83.6 Å². The molecule has 6 nitrogen and oxygen atoms in total. The van der Waals surface area contributed by atoms with E-state index < -0.39 is 22.4 Å². The SMILES string of the molecule is C=C(NOC)C(=O)N1N=C(c2cc(F)ccc2F)SC1(CCCN)c1ccccc1. The van der Waals surface area contributed by atoms with Gasteiger partial charge in [0.15, 0.2) is 0 Å². The summed E-state index contributed by atoms with van der Waals surface area (Å²) >= 11 is 1.18. The van der Waals surface area contributed by atoms with Crippen LogP contribution in [-0.4, -0.2) is 29.6 Å². The van der Waals surface area contributed by atoms with Gasteiger partial charge in [-0.2, -0.15) is 5.10 Å². The minimum Gasteiger partial charge on any atom is -0.330 e. The molecule has 1 atom stereocenters. The number of carbonyl (C=O) groups excluding carboxylic acids is 1. The van der Waals surface area contributed by atoms with Crippen LogP contribution in [0.1, 0.15) is 24.0 Å². The molecule has 0 aliphatic carbocycles. The van der Waals surface area contributed by atoms with Gasteiger partial charge in [0.1, 0.15) is 27.2 Å². The maximum absolute atomic E-state index is 14.5. The lowest BCUT2D eigenvalue weighted by Gasteiger charge is -2.36. The first-order chi connectivity index (χ1) is 14.4. The van der Waals surface area contributed by atoms with Crippen LogP contribution >= 0.6 is 11.8 Å². The molecular weight excluding hydrogens is 410 g/mol. The number of thioether (sulfide) groups is 1. The van der Waals surface area contributed by atoms with Gasteiger partial charge in [0, 0.05) is 5.56 Å². The molecule has 1 aliphatic rings. The second kappa shape index (κ2) is 9.38.